The molecule has 1 unspecified atom stereocenters. The van der Waals surface area contributed by atoms with E-state index in [1.807, 2.05) is 13.8 Å². The zero-order valence-corrected chi connectivity index (χ0v) is 11.2. The van der Waals surface area contributed by atoms with Crippen LogP contribution >= 0.6 is 0 Å². The minimum absolute atomic E-state index is 0.0165. The quantitative estimate of drug-likeness (QED) is 0.750. The van der Waals surface area contributed by atoms with E-state index in [0.717, 1.165) is 0 Å². The highest BCUT2D eigenvalue weighted by Crippen LogP contribution is 2.31. The van der Waals surface area contributed by atoms with E-state index < -0.39 is 11.4 Å². The van der Waals surface area contributed by atoms with Gasteiger partial charge in [-0.3, -0.25) is 15.0 Å². The second kappa shape index (κ2) is 6.15. The first kappa shape index (κ1) is 14.9. The van der Waals surface area contributed by atoms with E-state index in [2.05, 4.69) is 5.43 Å². The van der Waals surface area contributed by atoms with Crippen molar-refractivity contribution in [2.45, 2.75) is 27.2 Å². The fourth-order valence-electron chi connectivity index (χ4n) is 1.75. The number of nitrogens with one attached hydrogen (secondary N) is 1. The Bertz CT molecular complexity index is 313. The second-order valence-electron chi connectivity index (χ2n) is 5.19. The van der Waals surface area contributed by atoms with Gasteiger partial charge in [-0.2, -0.15) is 0 Å². The first-order valence-electron chi connectivity index (χ1n) is 6.22. The van der Waals surface area contributed by atoms with Crippen LogP contribution in [0.25, 0.3) is 0 Å². The molecule has 1 aliphatic rings. The Hall–Kier alpha value is -1.14. The summed E-state index contributed by atoms with van der Waals surface area (Å²) >= 11 is 0. The van der Waals surface area contributed by atoms with Gasteiger partial charge in [0.1, 0.15) is 0 Å². The van der Waals surface area contributed by atoms with Crippen molar-refractivity contribution >= 4 is 11.9 Å². The van der Waals surface area contributed by atoms with E-state index in [0.29, 0.717) is 26.3 Å². The molecular weight excluding hydrogens is 236 g/mol. The molecule has 0 saturated carbocycles. The third kappa shape index (κ3) is 3.68. The molecule has 1 saturated heterocycles. The number of morpholine rings is 1. The van der Waals surface area contributed by atoms with Crippen LogP contribution in [0.5, 0.6) is 0 Å². The van der Waals surface area contributed by atoms with E-state index >= 15 is 0 Å². The lowest BCUT2D eigenvalue weighted by atomic mass is 9.76. The first-order chi connectivity index (χ1) is 8.36. The number of aliphatic carboxylic acids is 1. The molecule has 1 amide bonds. The number of carboxylic acid groups (broad SMARTS) is 1. The minimum Gasteiger partial charge on any atom is -0.481 e. The third-order valence-corrected chi connectivity index (χ3v) is 3.58. The summed E-state index contributed by atoms with van der Waals surface area (Å²) in [7, 11) is 0. The molecule has 0 radical (unpaired) electrons. The molecule has 18 heavy (non-hydrogen) atoms. The zero-order valence-electron chi connectivity index (χ0n) is 11.2. The lowest BCUT2D eigenvalue weighted by Crippen LogP contribution is -2.50. The fraction of sp³-hybridized carbons (Fsp3) is 0.833. The van der Waals surface area contributed by atoms with Crippen LogP contribution in [-0.4, -0.2) is 48.3 Å². The minimum atomic E-state index is -1.03. The monoisotopic (exact) mass is 258 g/mol. The van der Waals surface area contributed by atoms with Gasteiger partial charge in [-0.25, -0.2) is 5.01 Å². The summed E-state index contributed by atoms with van der Waals surface area (Å²) < 4.78 is 5.17. The van der Waals surface area contributed by atoms with Gasteiger partial charge in [-0.15, -0.1) is 0 Å². The number of rotatable bonds is 5. The summed E-state index contributed by atoms with van der Waals surface area (Å²) in [4.78, 5) is 23.2. The smallest absolute Gasteiger partial charge is 0.310 e. The first-order valence-corrected chi connectivity index (χ1v) is 6.22. The van der Waals surface area contributed by atoms with Gasteiger partial charge in [0, 0.05) is 19.5 Å². The summed E-state index contributed by atoms with van der Waals surface area (Å²) in [5, 5.41) is 11.0. The van der Waals surface area contributed by atoms with Crippen molar-refractivity contribution in [3.8, 4) is 0 Å². The maximum atomic E-state index is 11.9. The number of ether oxygens (including phenoxy) is 1. The molecule has 0 aromatic heterocycles. The molecule has 104 valence electrons. The molecular formula is C12H22N2O4. The molecule has 0 aromatic rings. The van der Waals surface area contributed by atoms with Crippen LogP contribution in [0.3, 0.4) is 0 Å². The van der Waals surface area contributed by atoms with Crippen LogP contribution < -0.4 is 5.43 Å². The molecule has 6 heteroatoms. The number of hydrogen-bond donors (Lipinski definition) is 2. The van der Waals surface area contributed by atoms with Gasteiger partial charge in [-0.05, 0) is 12.8 Å². The van der Waals surface area contributed by atoms with Gasteiger partial charge in [0.05, 0.1) is 18.6 Å². The average molecular weight is 258 g/mol. The number of nitrogens with zero attached hydrogens (tertiary/aromatic N) is 1. The molecule has 0 aromatic carbocycles. The zero-order chi connectivity index (χ0) is 13.8. The maximum absolute atomic E-state index is 11.9. The van der Waals surface area contributed by atoms with Crippen LogP contribution in [0.2, 0.25) is 0 Å². The van der Waals surface area contributed by atoms with Crippen LogP contribution in [0.1, 0.15) is 27.2 Å². The van der Waals surface area contributed by atoms with E-state index in [1.165, 1.54) is 0 Å². The lowest BCUT2D eigenvalue weighted by Gasteiger charge is -2.31. The summed E-state index contributed by atoms with van der Waals surface area (Å²) in [6, 6.07) is 0. The van der Waals surface area contributed by atoms with Crippen molar-refractivity contribution in [1.82, 2.24) is 10.4 Å². The highest BCUT2D eigenvalue weighted by atomic mass is 16.5. The van der Waals surface area contributed by atoms with Crippen LogP contribution in [0.4, 0.5) is 0 Å². The van der Waals surface area contributed by atoms with Gasteiger partial charge in [0.25, 0.3) is 0 Å². The van der Waals surface area contributed by atoms with E-state index in [-0.39, 0.29) is 18.2 Å². The van der Waals surface area contributed by atoms with Gasteiger partial charge < -0.3 is 9.84 Å². The second-order valence-corrected chi connectivity index (χ2v) is 5.19. The summed E-state index contributed by atoms with van der Waals surface area (Å²) in [5.74, 6) is -1.30. The number of carboxylic acids is 1. The lowest BCUT2D eigenvalue weighted by molar-refractivity contribution is -0.154. The van der Waals surface area contributed by atoms with Crippen molar-refractivity contribution in [2.24, 2.45) is 11.3 Å². The number of hydrogen-bond acceptors (Lipinski definition) is 4. The molecule has 0 spiro atoms. The van der Waals surface area contributed by atoms with Crippen LogP contribution in [-0.2, 0) is 14.3 Å². The summed E-state index contributed by atoms with van der Waals surface area (Å²) in [6.45, 7) is 7.68. The number of hydrazine groups is 1. The molecule has 0 bridgehead atoms. The molecule has 6 nitrogen and oxygen atoms in total. The van der Waals surface area contributed by atoms with Crippen molar-refractivity contribution in [1.29, 1.82) is 0 Å². The Labute approximate surface area is 107 Å². The Morgan fingerprint density at radius 1 is 1.39 bits per heavy atom. The van der Waals surface area contributed by atoms with Gasteiger partial charge in [0.2, 0.25) is 5.91 Å². The van der Waals surface area contributed by atoms with E-state index in [9.17, 15) is 14.7 Å². The van der Waals surface area contributed by atoms with Crippen molar-refractivity contribution in [3.05, 3.63) is 0 Å². The van der Waals surface area contributed by atoms with Gasteiger partial charge in [-0.1, -0.05) is 13.8 Å². The maximum Gasteiger partial charge on any atom is 0.310 e. The number of carbonyl (C=O) groups is 2. The molecule has 2 N–H and O–H groups in total. The molecule has 1 rings (SSSR count). The SMILES string of the molecule is CC(C)C(C)(CC(=O)NN1CCOCC1)C(=O)O. The number of carbonyl (C=O) groups excluding carboxylic acids is 1. The van der Waals surface area contributed by atoms with Crippen LogP contribution in [0.15, 0.2) is 0 Å². The van der Waals surface area contributed by atoms with E-state index in [4.69, 9.17) is 4.74 Å². The predicted molar refractivity (Wildman–Crippen MR) is 65.7 cm³/mol. The topological polar surface area (TPSA) is 78.9 Å². The third-order valence-electron chi connectivity index (χ3n) is 3.58. The summed E-state index contributed by atoms with van der Waals surface area (Å²) in [6.07, 6.45) is -0.0165. The Morgan fingerprint density at radius 2 is 1.94 bits per heavy atom. The normalized spacial score (nSPS) is 20.4. The molecule has 1 fully saturated rings. The number of amides is 1. The summed E-state index contributed by atoms with van der Waals surface area (Å²) in [5.41, 5.74) is 1.70. The molecule has 1 heterocycles. The standard InChI is InChI=1S/C12H22N2O4/c1-9(2)12(3,11(16)17)8-10(15)13-14-4-6-18-7-5-14/h9H,4-8H2,1-3H3,(H,13,15)(H,16,17). The Morgan fingerprint density at radius 3 is 2.39 bits per heavy atom. The van der Waals surface area contributed by atoms with Gasteiger partial charge >= 0.3 is 5.97 Å². The predicted octanol–water partition coefficient (Wildman–Crippen LogP) is 0.487. The van der Waals surface area contributed by atoms with Gasteiger partial charge in [0.15, 0.2) is 0 Å². The molecule has 0 aliphatic carbocycles. The molecule has 1 aliphatic heterocycles. The molecule has 1 atom stereocenters. The Kier molecular flexibility index (Phi) is 5.10. The van der Waals surface area contributed by atoms with Crippen molar-refractivity contribution < 1.29 is 19.4 Å². The van der Waals surface area contributed by atoms with Crippen LogP contribution in [0, 0.1) is 11.3 Å². The van der Waals surface area contributed by atoms with Crippen molar-refractivity contribution in [2.75, 3.05) is 26.3 Å². The highest BCUT2D eigenvalue weighted by Gasteiger charge is 2.39. The largest absolute Gasteiger partial charge is 0.481 e. The Balaban J connectivity index is 2.53. The average Bonchev–Trinajstić information content (AvgIpc) is 2.29. The van der Waals surface area contributed by atoms with Crippen molar-refractivity contribution in [3.63, 3.8) is 0 Å². The van der Waals surface area contributed by atoms with E-state index in [1.54, 1.807) is 11.9 Å². The highest BCUT2D eigenvalue weighted by molar-refractivity contribution is 5.84. The fourth-order valence-corrected chi connectivity index (χ4v) is 1.75.